The zero-order valence-electron chi connectivity index (χ0n) is 17.2. The van der Waals surface area contributed by atoms with Crippen molar-refractivity contribution >= 4 is 0 Å². The Morgan fingerprint density at radius 3 is 1.80 bits per heavy atom. The minimum absolute atomic E-state index is 0.236. The van der Waals surface area contributed by atoms with Crippen LogP contribution >= 0.6 is 0 Å². The zero-order chi connectivity index (χ0) is 18.6. The molecule has 0 heterocycles. The predicted octanol–water partition coefficient (Wildman–Crippen LogP) is 6.55. The van der Waals surface area contributed by atoms with Gasteiger partial charge in [0.25, 0.3) is 0 Å². The van der Waals surface area contributed by atoms with Gasteiger partial charge in [0.2, 0.25) is 0 Å². The van der Waals surface area contributed by atoms with Crippen LogP contribution in [-0.2, 0) is 18.9 Å². The van der Waals surface area contributed by atoms with E-state index in [0.29, 0.717) is 12.6 Å². The van der Waals surface area contributed by atoms with Crippen molar-refractivity contribution in [3.05, 3.63) is 11.7 Å². The van der Waals surface area contributed by atoms with Gasteiger partial charge in [-0.25, -0.2) is 0 Å². The summed E-state index contributed by atoms with van der Waals surface area (Å²) >= 11 is 0. The number of allylic oxidation sites excluding steroid dienone is 1. The Hall–Kier alpha value is -0.900. The molecular formula is C21H42O4. The second-order valence-corrected chi connectivity index (χ2v) is 6.45. The molecule has 4 nitrogen and oxygen atoms in total. The van der Waals surface area contributed by atoms with E-state index in [1.54, 1.807) is 0 Å². The molecule has 0 saturated heterocycles. The number of hydrogen-bond donors (Lipinski definition) is 0. The molecule has 0 rings (SSSR count). The van der Waals surface area contributed by atoms with E-state index in [1.807, 2.05) is 0 Å². The second-order valence-electron chi connectivity index (χ2n) is 6.45. The highest BCUT2D eigenvalue weighted by molar-refractivity contribution is 4.95. The van der Waals surface area contributed by atoms with Crippen LogP contribution in [0.5, 0.6) is 0 Å². The highest BCUT2D eigenvalue weighted by Crippen LogP contribution is 2.19. The van der Waals surface area contributed by atoms with Crippen molar-refractivity contribution in [2.24, 2.45) is 0 Å². The monoisotopic (exact) mass is 358 g/mol. The maximum Gasteiger partial charge on any atom is 0.321 e. The van der Waals surface area contributed by atoms with Crippen molar-refractivity contribution in [3.8, 4) is 0 Å². The summed E-state index contributed by atoms with van der Waals surface area (Å²) in [6.45, 7) is 11.1. The van der Waals surface area contributed by atoms with E-state index in [9.17, 15) is 0 Å². The molecule has 0 radical (unpaired) electrons. The molecule has 0 fully saturated rings. The molecule has 0 atom stereocenters. The molecule has 0 aliphatic rings. The predicted molar refractivity (Wildman–Crippen MR) is 104 cm³/mol. The van der Waals surface area contributed by atoms with Gasteiger partial charge < -0.3 is 18.9 Å². The number of rotatable bonds is 19. The smallest absolute Gasteiger partial charge is 0.321 e. The third-order valence-corrected chi connectivity index (χ3v) is 3.91. The van der Waals surface area contributed by atoms with E-state index in [-0.39, 0.29) is 6.79 Å². The molecule has 4 heteroatoms. The molecule has 150 valence electrons. The van der Waals surface area contributed by atoms with Crippen LogP contribution in [0.4, 0.5) is 0 Å². The van der Waals surface area contributed by atoms with E-state index in [1.165, 1.54) is 25.7 Å². The van der Waals surface area contributed by atoms with Gasteiger partial charge in [0.15, 0.2) is 12.6 Å². The normalized spacial score (nSPS) is 12.0. The zero-order valence-corrected chi connectivity index (χ0v) is 17.2. The minimum atomic E-state index is 0.236. The standard InChI is InChI=1S/C21H42O4/c1-5-9-13-15-20(23-17-11-7-3)21(24-18-12-8-4)25-19-22-16-14-10-6-2/h5-19H2,1-4H3. The van der Waals surface area contributed by atoms with Crippen LogP contribution in [0.3, 0.4) is 0 Å². The van der Waals surface area contributed by atoms with Crippen molar-refractivity contribution in [2.75, 3.05) is 26.6 Å². The molecule has 0 aromatic rings. The lowest BCUT2D eigenvalue weighted by Gasteiger charge is -2.18. The first-order valence-electron chi connectivity index (χ1n) is 10.5. The number of ether oxygens (including phenoxy) is 4. The van der Waals surface area contributed by atoms with Crippen LogP contribution in [0.1, 0.15) is 98.3 Å². The summed E-state index contributed by atoms with van der Waals surface area (Å²) in [5.41, 5.74) is 0. The fourth-order valence-corrected chi connectivity index (χ4v) is 2.23. The summed E-state index contributed by atoms with van der Waals surface area (Å²) in [4.78, 5) is 0. The second kappa shape index (κ2) is 19.4. The number of hydrogen-bond acceptors (Lipinski definition) is 4. The van der Waals surface area contributed by atoms with E-state index >= 15 is 0 Å². The van der Waals surface area contributed by atoms with Gasteiger partial charge in [0, 0.05) is 6.42 Å². The lowest BCUT2D eigenvalue weighted by molar-refractivity contribution is -0.0844. The molecule has 0 spiro atoms. The third-order valence-electron chi connectivity index (χ3n) is 3.91. The van der Waals surface area contributed by atoms with Gasteiger partial charge in [-0.05, 0) is 25.7 Å². The molecule has 0 saturated carbocycles. The first kappa shape index (κ1) is 24.1. The first-order chi connectivity index (χ1) is 12.3. The molecule has 0 aromatic heterocycles. The Balaban J connectivity index is 4.62. The summed E-state index contributed by atoms with van der Waals surface area (Å²) in [5, 5.41) is 0. The fraction of sp³-hybridized carbons (Fsp3) is 0.905. The maximum atomic E-state index is 5.99. The molecule has 25 heavy (non-hydrogen) atoms. The molecule has 0 amide bonds. The lowest BCUT2D eigenvalue weighted by Crippen LogP contribution is -2.10. The Bertz CT molecular complexity index is 290. The van der Waals surface area contributed by atoms with Gasteiger partial charge in [0.05, 0.1) is 19.8 Å². The van der Waals surface area contributed by atoms with Crippen LogP contribution in [-0.4, -0.2) is 26.6 Å². The summed E-state index contributed by atoms with van der Waals surface area (Å²) in [7, 11) is 0. The first-order valence-corrected chi connectivity index (χ1v) is 10.5. The van der Waals surface area contributed by atoms with E-state index in [2.05, 4.69) is 27.7 Å². The van der Waals surface area contributed by atoms with Crippen LogP contribution in [0.2, 0.25) is 0 Å². The van der Waals surface area contributed by atoms with Gasteiger partial charge >= 0.3 is 5.95 Å². The molecule has 0 aromatic carbocycles. The van der Waals surface area contributed by atoms with Gasteiger partial charge in [-0.3, -0.25) is 0 Å². The van der Waals surface area contributed by atoms with E-state index in [4.69, 9.17) is 18.9 Å². The van der Waals surface area contributed by atoms with Crippen molar-refractivity contribution in [3.63, 3.8) is 0 Å². The molecular weight excluding hydrogens is 316 g/mol. The Kier molecular flexibility index (Phi) is 18.7. The SMILES string of the molecule is CCCCCOCOC(OCCCC)=C(CCCCC)OCCCC. The average Bonchev–Trinajstić information content (AvgIpc) is 2.62. The minimum Gasteiger partial charge on any atom is -0.491 e. The van der Waals surface area contributed by atoms with Crippen LogP contribution in [0.15, 0.2) is 11.7 Å². The Morgan fingerprint density at radius 1 is 0.560 bits per heavy atom. The van der Waals surface area contributed by atoms with Crippen LogP contribution < -0.4 is 0 Å². The molecule has 0 unspecified atom stereocenters. The summed E-state index contributed by atoms with van der Waals surface area (Å²) in [6.07, 6.45) is 12.1. The third kappa shape index (κ3) is 15.1. The van der Waals surface area contributed by atoms with Gasteiger partial charge in [-0.1, -0.05) is 66.2 Å². The Morgan fingerprint density at radius 2 is 1.16 bits per heavy atom. The number of unbranched alkanes of at least 4 members (excludes halogenated alkanes) is 6. The topological polar surface area (TPSA) is 36.9 Å². The van der Waals surface area contributed by atoms with Crippen LogP contribution in [0, 0.1) is 0 Å². The lowest BCUT2D eigenvalue weighted by atomic mass is 10.2. The highest BCUT2D eigenvalue weighted by Gasteiger charge is 2.13. The quantitative estimate of drug-likeness (QED) is 0.149. The largest absolute Gasteiger partial charge is 0.491 e. The van der Waals surface area contributed by atoms with Crippen molar-refractivity contribution in [1.82, 2.24) is 0 Å². The van der Waals surface area contributed by atoms with Gasteiger partial charge in [-0.2, -0.15) is 0 Å². The van der Waals surface area contributed by atoms with E-state index in [0.717, 1.165) is 63.9 Å². The van der Waals surface area contributed by atoms with Crippen molar-refractivity contribution in [1.29, 1.82) is 0 Å². The highest BCUT2D eigenvalue weighted by atomic mass is 16.7. The molecule has 0 N–H and O–H groups in total. The van der Waals surface area contributed by atoms with Gasteiger partial charge in [0.1, 0.15) is 0 Å². The van der Waals surface area contributed by atoms with Crippen LogP contribution in [0.25, 0.3) is 0 Å². The van der Waals surface area contributed by atoms with Gasteiger partial charge in [-0.15, -0.1) is 0 Å². The van der Waals surface area contributed by atoms with E-state index < -0.39 is 0 Å². The Labute approximate surface area is 156 Å². The van der Waals surface area contributed by atoms with Crippen molar-refractivity contribution < 1.29 is 18.9 Å². The summed E-state index contributed by atoms with van der Waals surface area (Å²) in [5.74, 6) is 1.39. The average molecular weight is 359 g/mol. The molecule has 0 aliphatic heterocycles. The maximum absolute atomic E-state index is 5.99. The fourth-order valence-electron chi connectivity index (χ4n) is 2.23. The summed E-state index contributed by atoms with van der Waals surface area (Å²) < 4.78 is 23.3. The molecule has 0 aliphatic carbocycles. The molecule has 0 bridgehead atoms. The van der Waals surface area contributed by atoms with Crippen molar-refractivity contribution in [2.45, 2.75) is 98.3 Å². The summed E-state index contributed by atoms with van der Waals surface area (Å²) in [6, 6.07) is 0.